The van der Waals surface area contributed by atoms with E-state index >= 15 is 0 Å². The molecule has 3 rings (SSSR count). The summed E-state index contributed by atoms with van der Waals surface area (Å²) in [6.45, 7) is 4.34. The molecule has 5 heteroatoms. The van der Waals surface area contributed by atoms with Gasteiger partial charge in [0.05, 0.1) is 7.11 Å². The molecule has 0 aliphatic carbocycles. The number of rotatable bonds is 5. The van der Waals surface area contributed by atoms with Crippen molar-refractivity contribution >= 4 is 11.6 Å². The minimum Gasteiger partial charge on any atom is -0.497 e. The molecule has 132 valence electrons. The number of carbonyl (C=O) groups is 1. The number of hydrogen-bond donors (Lipinski definition) is 1. The van der Waals surface area contributed by atoms with Crippen molar-refractivity contribution in [3.05, 3.63) is 59.7 Å². The third-order valence-corrected chi connectivity index (χ3v) is 4.67. The molecule has 1 heterocycles. The van der Waals surface area contributed by atoms with Crippen molar-refractivity contribution in [1.29, 1.82) is 0 Å². The first-order chi connectivity index (χ1) is 12.2. The highest BCUT2D eigenvalue weighted by atomic mass is 16.5. The normalized spacial score (nSPS) is 15.2. The van der Waals surface area contributed by atoms with E-state index in [0.717, 1.165) is 44.9 Å². The van der Waals surface area contributed by atoms with Crippen LogP contribution in [0.25, 0.3) is 0 Å². The van der Waals surface area contributed by atoms with Crippen LogP contribution >= 0.6 is 0 Å². The predicted octanol–water partition coefficient (Wildman–Crippen LogP) is 2.28. The first-order valence-electron chi connectivity index (χ1n) is 8.66. The van der Waals surface area contributed by atoms with E-state index in [0.29, 0.717) is 11.3 Å². The van der Waals surface area contributed by atoms with Gasteiger partial charge < -0.3 is 15.4 Å². The van der Waals surface area contributed by atoms with Crippen LogP contribution in [0, 0.1) is 0 Å². The number of ether oxygens (including phenoxy) is 1. The van der Waals surface area contributed by atoms with Crippen molar-refractivity contribution in [3.63, 3.8) is 0 Å². The van der Waals surface area contributed by atoms with E-state index in [1.54, 1.807) is 31.4 Å². The van der Waals surface area contributed by atoms with Crippen LogP contribution in [0.3, 0.4) is 0 Å². The molecule has 0 unspecified atom stereocenters. The average molecular weight is 339 g/mol. The van der Waals surface area contributed by atoms with E-state index < -0.39 is 0 Å². The van der Waals surface area contributed by atoms with E-state index in [1.165, 1.54) is 5.56 Å². The van der Waals surface area contributed by atoms with Crippen LogP contribution in [0.5, 0.6) is 5.75 Å². The second-order valence-electron chi connectivity index (χ2n) is 6.36. The zero-order valence-electron chi connectivity index (χ0n) is 14.6. The van der Waals surface area contributed by atoms with Crippen LogP contribution in [0.2, 0.25) is 0 Å². The second kappa shape index (κ2) is 8.03. The Labute approximate surface area is 149 Å². The lowest BCUT2D eigenvalue weighted by atomic mass is 10.1. The van der Waals surface area contributed by atoms with Gasteiger partial charge in [-0.25, -0.2) is 0 Å². The second-order valence-corrected chi connectivity index (χ2v) is 6.36. The Kier molecular flexibility index (Phi) is 5.56. The molecule has 2 aromatic rings. The number of amides is 1. The summed E-state index contributed by atoms with van der Waals surface area (Å²) in [5, 5.41) is 0. The first-order valence-corrected chi connectivity index (χ1v) is 8.66. The predicted molar refractivity (Wildman–Crippen MR) is 99.9 cm³/mol. The lowest BCUT2D eigenvalue weighted by Crippen LogP contribution is -2.49. The monoisotopic (exact) mass is 339 g/mol. The molecule has 25 heavy (non-hydrogen) atoms. The molecule has 0 spiro atoms. The van der Waals surface area contributed by atoms with Gasteiger partial charge in [0, 0.05) is 44.0 Å². The fourth-order valence-corrected chi connectivity index (χ4v) is 3.10. The van der Waals surface area contributed by atoms with Crippen molar-refractivity contribution in [2.24, 2.45) is 0 Å². The number of piperazine rings is 1. The van der Waals surface area contributed by atoms with Gasteiger partial charge in [0.2, 0.25) is 0 Å². The summed E-state index contributed by atoms with van der Waals surface area (Å²) < 4.78 is 5.27. The Bertz CT molecular complexity index is 707. The zero-order valence-corrected chi connectivity index (χ0v) is 14.6. The maximum Gasteiger partial charge on any atom is 0.253 e. The summed E-state index contributed by atoms with van der Waals surface area (Å²) in [6, 6.07) is 15.3. The van der Waals surface area contributed by atoms with Gasteiger partial charge in [0.15, 0.2) is 0 Å². The SMILES string of the molecule is COc1cccc(CCN2CCN(C(=O)c3ccc(N)cc3)CC2)c1. The highest BCUT2D eigenvalue weighted by molar-refractivity contribution is 5.94. The summed E-state index contributed by atoms with van der Waals surface area (Å²) in [6.07, 6.45) is 0.989. The first kappa shape index (κ1) is 17.3. The maximum absolute atomic E-state index is 12.5. The number of nitrogens with two attached hydrogens (primary N) is 1. The van der Waals surface area contributed by atoms with Gasteiger partial charge in [0.25, 0.3) is 5.91 Å². The van der Waals surface area contributed by atoms with Crippen LogP contribution in [-0.4, -0.2) is 55.5 Å². The Hall–Kier alpha value is -2.53. The van der Waals surface area contributed by atoms with Crippen LogP contribution in [0.4, 0.5) is 5.69 Å². The highest BCUT2D eigenvalue weighted by Crippen LogP contribution is 2.15. The van der Waals surface area contributed by atoms with Gasteiger partial charge >= 0.3 is 0 Å². The Morgan fingerprint density at radius 1 is 1.08 bits per heavy atom. The Morgan fingerprint density at radius 2 is 1.80 bits per heavy atom. The molecule has 5 nitrogen and oxygen atoms in total. The summed E-state index contributed by atoms with van der Waals surface area (Å²) in [5.41, 5.74) is 8.35. The Balaban J connectivity index is 1.48. The number of nitrogen functional groups attached to an aromatic ring is 1. The molecule has 0 bridgehead atoms. The lowest BCUT2D eigenvalue weighted by Gasteiger charge is -2.34. The van der Waals surface area contributed by atoms with Crippen LogP contribution in [-0.2, 0) is 6.42 Å². The molecule has 0 radical (unpaired) electrons. The van der Waals surface area contributed by atoms with Crippen molar-refractivity contribution in [1.82, 2.24) is 9.80 Å². The van der Waals surface area contributed by atoms with E-state index in [2.05, 4.69) is 17.0 Å². The van der Waals surface area contributed by atoms with Gasteiger partial charge in [0.1, 0.15) is 5.75 Å². The van der Waals surface area contributed by atoms with E-state index in [1.807, 2.05) is 17.0 Å². The van der Waals surface area contributed by atoms with E-state index in [9.17, 15) is 4.79 Å². The van der Waals surface area contributed by atoms with Gasteiger partial charge in [-0.2, -0.15) is 0 Å². The highest BCUT2D eigenvalue weighted by Gasteiger charge is 2.21. The van der Waals surface area contributed by atoms with E-state index in [4.69, 9.17) is 10.5 Å². The third-order valence-electron chi connectivity index (χ3n) is 4.67. The fourth-order valence-electron chi connectivity index (χ4n) is 3.10. The minimum atomic E-state index is 0.0902. The van der Waals surface area contributed by atoms with E-state index in [-0.39, 0.29) is 5.91 Å². The summed E-state index contributed by atoms with van der Waals surface area (Å²) in [5.74, 6) is 0.990. The Morgan fingerprint density at radius 3 is 2.48 bits per heavy atom. The fraction of sp³-hybridized carbons (Fsp3) is 0.350. The molecule has 1 fully saturated rings. The summed E-state index contributed by atoms with van der Waals surface area (Å²) in [7, 11) is 1.69. The molecular formula is C20H25N3O2. The van der Waals surface area contributed by atoms with Crippen LogP contribution in [0.15, 0.2) is 48.5 Å². The number of carbonyl (C=O) groups excluding carboxylic acids is 1. The lowest BCUT2D eigenvalue weighted by molar-refractivity contribution is 0.0638. The van der Waals surface area contributed by atoms with Crippen molar-refractivity contribution in [3.8, 4) is 5.75 Å². The van der Waals surface area contributed by atoms with Gasteiger partial charge in [-0.15, -0.1) is 0 Å². The van der Waals surface area contributed by atoms with Crippen molar-refractivity contribution < 1.29 is 9.53 Å². The number of nitrogens with zero attached hydrogens (tertiary/aromatic N) is 2. The molecule has 0 saturated carbocycles. The number of hydrogen-bond acceptors (Lipinski definition) is 4. The largest absolute Gasteiger partial charge is 0.497 e. The van der Waals surface area contributed by atoms with Gasteiger partial charge in [-0.1, -0.05) is 12.1 Å². The number of methoxy groups -OCH3 is 1. The van der Waals surface area contributed by atoms with Crippen molar-refractivity contribution in [2.45, 2.75) is 6.42 Å². The minimum absolute atomic E-state index is 0.0902. The topological polar surface area (TPSA) is 58.8 Å². The molecule has 1 amide bonds. The molecule has 1 saturated heterocycles. The smallest absolute Gasteiger partial charge is 0.253 e. The van der Waals surface area contributed by atoms with Gasteiger partial charge in [-0.05, 0) is 48.4 Å². The van der Waals surface area contributed by atoms with Crippen LogP contribution in [0.1, 0.15) is 15.9 Å². The standard InChI is InChI=1S/C20H25N3O2/c1-25-19-4-2-3-16(15-19)9-10-22-11-13-23(14-12-22)20(24)17-5-7-18(21)8-6-17/h2-8,15H,9-14,21H2,1H3. The van der Waals surface area contributed by atoms with Gasteiger partial charge in [-0.3, -0.25) is 9.69 Å². The molecule has 0 atom stereocenters. The number of benzene rings is 2. The third kappa shape index (κ3) is 4.51. The zero-order chi connectivity index (χ0) is 17.6. The van der Waals surface area contributed by atoms with Crippen molar-refractivity contribution in [2.75, 3.05) is 45.6 Å². The molecule has 1 aliphatic heterocycles. The maximum atomic E-state index is 12.5. The molecule has 2 aromatic carbocycles. The summed E-state index contributed by atoms with van der Waals surface area (Å²) >= 11 is 0. The summed E-state index contributed by atoms with van der Waals surface area (Å²) in [4.78, 5) is 16.9. The molecule has 1 aliphatic rings. The quantitative estimate of drug-likeness (QED) is 0.849. The average Bonchev–Trinajstić information content (AvgIpc) is 2.67. The molecule has 2 N–H and O–H groups in total. The molecular weight excluding hydrogens is 314 g/mol. The number of anilines is 1. The van der Waals surface area contributed by atoms with Crippen LogP contribution < -0.4 is 10.5 Å². The molecule has 0 aromatic heterocycles.